The average Bonchev–Trinajstić information content (AvgIpc) is 2.71. The van der Waals surface area contributed by atoms with Crippen molar-refractivity contribution in [3.8, 4) is 11.3 Å². The number of carbonyl (C=O) groups is 1. The zero-order valence-corrected chi connectivity index (χ0v) is 9.47. The zero-order chi connectivity index (χ0) is 12.4. The third-order valence-corrected chi connectivity index (χ3v) is 2.80. The van der Waals surface area contributed by atoms with E-state index >= 15 is 0 Å². The standard InChI is InChI=1S/C13H14N2O2/c1-8(13(16)17)10-7-11(15-12(10)14)9-5-3-2-4-6-9/h2-8,15H,14H2,1H3,(H,16,17). The number of aromatic amines is 1. The van der Waals surface area contributed by atoms with Crippen LogP contribution >= 0.6 is 0 Å². The number of benzene rings is 1. The summed E-state index contributed by atoms with van der Waals surface area (Å²) in [6.07, 6.45) is 0. The summed E-state index contributed by atoms with van der Waals surface area (Å²) in [6.45, 7) is 1.62. The molecule has 1 aromatic carbocycles. The van der Waals surface area contributed by atoms with Crippen LogP contribution < -0.4 is 5.73 Å². The van der Waals surface area contributed by atoms with Crippen molar-refractivity contribution in [1.29, 1.82) is 0 Å². The molecule has 88 valence electrons. The molecule has 4 N–H and O–H groups in total. The van der Waals surface area contributed by atoms with Gasteiger partial charge < -0.3 is 15.8 Å². The lowest BCUT2D eigenvalue weighted by molar-refractivity contribution is -0.138. The van der Waals surface area contributed by atoms with E-state index in [0.29, 0.717) is 11.4 Å². The maximum absolute atomic E-state index is 10.9. The summed E-state index contributed by atoms with van der Waals surface area (Å²) in [5.74, 6) is -1.07. The predicted octanol–water partition coefficient (Wildman–Crippen LogP) is 2.45. The lowest BCUT2D eigenvalue weighted by atomic mass is 10.0. The van der Waals surface area contributed by atoms with Crippen LogP contribution in [0.1, 0.15) is 18.4 Å². The predicted molar refractivity (Wildman–Crippen MR) is 66.7 cm³/mol. The molecule has 1 heterocycles. The van der Waals surface area contributed by atoms with E-state index in [-0.39, 0.29) is 0 Å². The van der Waals surface area contributed by atoms with Crippen LogP contribution in [-0.4, -0.2) is 16.1 Å². The number of aromatic nitrogens is 1. The molecule has 17 heavy (non-hydrogen) atoms. The van der Waals surface area contributed by atoms with Gasteiger partial charge in [0.1, 0.15) is 5.82 Å². The van der Waals surface area contributed by atoms with Crippen molar-refractivity contribution in [2.45, 2.75) is 12.8 Å². The third-order valence-electron chi connectivity index (χ3n) is 2.80. The van der Waals surface area contributed by atoms with Crippen LogP contribution in [0.2, 0.25) is 0 Å². The van der Waals surface area contributed by atoms with E-state index in [0.717, 1.165) is 11.3 Å². The van der Waals surface area contributed by atoms with Crippen LogP contribution in [0, 0.1) is 0 Å². The molecule has 0 saturated carbocycles. The Hall–Kier alpha value is -2.23. The fraction of sp³-hybridized carbons (Fsp3) is 0.154. The van der Waals surface area contributed by atoms with Crippen LogP contribution in [0.4, 0.5) is 5.82 Å². The first-order valence-electron chi connectivity index (χ1n) is 5.36. The van der Waals surface area contributed by atoms with Gasteiger partial charge in [-0.2, -0.15) is 0 Å². The number of nitrogen functional groups attached to an aromatic ring is 1. The second-order valence-corrected chi connectivity index (χ2v) is 3.98. The summed E-state index contributed by atoms with van der Waals surface area (Å²) >= 11 is 0. The highest BCUT2D eigenvalue weighted by atomic mass is 16.4. The maximum Gasteiger partial charge on any atom is 0.310 e. The highest BCUT2D eigenvalue weighted by Crippen LogP contribution is 2.28. The Morgan fingerprint density at radius 3 is 2.59 bits per heavy atom. The molecule has 1 aromatic heterocycles. The van der Waals surface area contributed by atoms with Crippen LogP contribution in [0.3, 0.4) is 0 Å². The molecule has 0 bridgehead atoms. The van der Waals surface area contributed by atoms with Gasteiger partial charge in [-0.1, -0.05) is 30.3 Å². The quantitative estimate of drug-likeness (QED) is 0.757. The molecule has 4 nitrogen and oxygen atoms in total. The van der Waals surface area contributed by atoms with E-state index in [1.807, 2.05) is 30.3 Å². The van der Waals surface area contributed by atoms with Crippen LogP contribution in [0.5, 0.6) is 0 Å². The first-order chi connectivity index (χ1) is 8.09. The van der Waals surface area contributed by atoms with E-state index in [1.54, 1.807) is 13.0 Å². The summed E-state index contributed by atoms with van der Waals surface area (Å²) < 4.78 is 0. The normalized spacial score (nSPS) is 12.3. The number of hydrogen-bond donors (Lipinski definition) is 3. The Morgan fingerprint density at radius 2 is 2.00 bits per heavy atom. The van der Waals surface area contributed by atoms with Gasteiger partial charge in [-0.3, -0.25) is 4.79 Å². The molecule has 0 radical (unpaired) electrons. The fourth-order valence-corrected chi connectivity index (χ4v) is 1.75. The van der Waals surface area contributed by atoms with Gasteiger partial charge in [0.05, 0.1) is 5.92 Å². The van der Waals surface area contributed by atoms with Crippen molar-refractivity contribution >= 4 is 11.8 Å². The SMILES string of the molecule is CC(C(=O)O)c1cc(-c2ccccc2)[nH]c1N. The van der Waals surface area contributed by atoms with Crippen molar-refractivity contribution in [3.63, 3.8) is 0 Å². The Kier molecular flexibility index (Phi) is 2.87. The summed E-state index contributed by atoms with van der Waals surface area (Å²) in [7, 11) is 0. The number of carboxylic acid groups (broad SMARTS) is 1. The van der Waals surface area contributed by atoms with E-state index in [9.17, 15) is 4.79 Å². The van der Waals surface area contributed by atoms with E-state index in [4.69, 9.17) is 10.8 Å². The summed E-state index contributed by atoms with van der Waals surface area (Å²) in [5, 5.41) is 8.97. The number of rotatable bonds is 3. The van der Waals surface area contributed by atoms with Crippen LogP contribution in [0.25, 0.3) is 11.3 Å². The summed E-state index contributed by atoms with van der Waals surface area (Å²) in [4.78, 5) is 13.9. The van der Waals surface area contributed by atoms with Gasteiger partial charge in [0.25, 0.3) is 0 Å². The average molecular weight is 230 g/mol. The zero-order valence-electron chi connectivity index (χ0n) is 9.47. The molecule has 0 aliphatic rings. The topological polar surface area (TPSA) is 79.1 Å². The van der Waals surface area contributed by atoms with E-state index in [2.05, 4.69) is 4.98 Å². The second kappa shape index (κ2) is 4.33. The number of anilines is 1. The Bertz CT molecular complexity index is 532. The number of nitrogens with two attached hydrogens (primary N) is 1. The molecule has 0 aliphatic heterocycles. The number of aliphatic carboxylic acids is 1. The van der Waals surface area contributed by atoms with Gasteiger partial charge in [-0.25, -0.2) is 0 Å². The summed E-state index contributed by atoms with van der Waals surface area (Å²) in [5.41, 5.74) is 8.25. The summed E-state index contributed by atoms with van der Waals surface area (Å²) in [6, 6.07) is 11.5. The number of carboxylic acids is 1. The van der Waals surface area contributed by atoms with E-state index < -0.39 is 11.9 Å². The smallest absolute Gasteiger partial charge is 0.310 e. The Labute approximate surface area is 99.1 Å². The van der Waals surface area contributed by atoms with Crippen LogP contribution in [-0.2, 0) is 4.79 Å². The minimum absolute atomic E-state index is 0.416. The molecule has 0 saturated heterocycles. The number of nitrogens with one attached hydrogen (secondary N) is 1. The Morgan fingerprint density at radius 1 is 1.35 bits per heavy atom. The molecule has 1 unspecified atom stereocenters. The molecular weight excluding hydrogens is 216 g/mol. The lowest BCUT2D eigenvalue weighted by Crippen LogP contribution is -2.08. The van der Waals surface area contributed by atoms with Gasteiger partial charge >= 0.3 is 5.97 Å². The maximum atomic E-state index is 10.9. The van der Waals surface area contributed by atoms with Crippen molar-refractivity contribution in [2.75, 3.05) is 5.73 Å². The van der Waals surface area contributed by atoms with Crippen molar-refractivity contribution < 1.29 is 9.90 Å². The molecule has 0 spiro atoms. The van der Waals surface area contributed by atoms with Gasteiger partial charge in [0.2, 0.25) is 0 Å². The van der Waals surface area contributed by atoms with Crippen molar-refractivity contribution in [2.24, 2.45) is 0 Å². The Balaban J connectivity index is 2.41. The molecule has 4 heteroatoms. The first-order valence-corrected chi connectivity index (χ1v) is 5.36. The van der Waals surface area contributed by atoms with Gasteiger partial charge in [-0.05, 0) is 18.6 Å². The van der Waals surface area contributed by atoms with Crippen molar-refractivity contribution in [1.82, 2.24) is 4.98 Å². The first kappa shape index (κ1) is 11.3. The minimum atomic E-state index is -0.879. The lowest BCUT2D eigenvalue weighted by Gasteiger charge is -2.03. The van der Waals surface area contributed by atoms with E-state index in [1.165, 1.54) is 0 Å². The minimum Gasteiger partial charge on any atom is -0.481 e. The largest absolute Gasteiger partial charge is 0.481 e. The van der Waals surface area contributed by atoms with Gasteiger partial charge in [-0.15, -0.1) is 0 Å². The molecule has 0 aliphatic carbocycles. The highest BCUT2D eigenvalue weighted by Gasteiger charge is 2.19. The second-order valence-electron chi connectivity index (χ2n) is 3.98. The third kappa shape index (κ3) is 2.15. The fourth-order valence-electron chi connectivity index (χ4n) is 1.75. The number of hydrogen-bond acceptors (Lipinski definition) is 2. The number of H-pyrrole nitrogens is 1. The monoisotopic (exact) mass is 230 g/mol. The molecule has 1 atom stereocenters. The molecular formula is C13H14N2O2. The van der Waals surface area contributed by atoms with Crippen LogP contribution in [0.15, 0.2) is 36.4 Å². The van der Waals surface area contributed by atoms with Crippen molar-refractivity contribution in [3.05, 3.63) is 42.0 Å². The molecule has 2 rings (SSSR count). The van der Waals surface area contributed by atoms with Gasteiger partial charge in [0, 0.05) is 11.3 Å². The van der Waals surface area contributed by atoms with Gasteiger partial charge in [0.15, 0.2) is 0 Å². The molecule has 2 aromatic rings. The highest BCUT2D eigenvalue weighted by molar-refractivity contribution is 5.79. The molecule has 0 amide bonds. The molecule has 0 fully saturated rings.